The third-order valence-corrected chi connectivity index (χ3v) is 8.54. The fraction of sp³-hybridized carbons (Fsp3) is 0.111. The number of carbonyl (C=O) groups excluding carboxylic acids is 1. The van der Waals surface area contributed by atoms with Gasteiger partial charge in [-0.3, -0.25) is 9.36 Å². The highest BCUT2D eigenvalue weighted by molar-refractivity contribution is 7.99. The number of thioether (sulfide) groups is 1. The predicted molar refractivity (Wildman–Crippen MR) is 150 cm³/mol. The zero-order valence-corrected chi connectivity index (χ0v) is 22.2. The number of benzene rings is 2. The molecule has 4 aromatic heterocycles. The number of hydrogen-bond donors (Lipinski definition) is 1. The van der Waals surface area contributed by atoms with Crippen molar-refractivity contribution in [3.63, 3.8) is 0 Å². The molecule has 2 aromatic carbocycles. The molecule has 6 aromatic rings. The first-order chi connectivity index (χ1) is 18.1. The molecule has 37 heavy (non-hydrogen) atoms. The number of furan rings is 1. The molecule has 184 valence electrons. The number of aromatic nitrogens is 4. The van der Waals surface area contributed by atoms with Gasteiger partial charge in [0, 0.05) is 11.3 Å². The first-order valence-corrected chi connectivity index (χ1v) is 14.2. The van der Waals surface area contributed by atoms with Crippen molar-refractivity contribution in [2.45, 2.75) is 18.6 Å². The number of carbonyl (C=O) groups is 1. The van der Waals surface area contributed by atoms with Crippen molar-refractivity contribution in [1.82, 2.24) is 19.7 Å². The van der Waals surface area contributed by atoms with E-state index in [1.165, 1.54) is 22.0 Å². The minimum atomic E-state index is -0.113. The van der Waals surface area contributed by atoms with Crippen LogP contribution < -0.4 is 5.32 Å². The van der Waals surface area contributed by atoms with Crippen LogP contribution in [-0.2, 0) is 11.3 Å². The lowest BCUT2D eigenvalue weighted by atomic mass is 10.2. The van der Waals surface area contributed by atoms with Crippen LogP contribution in [0.4, 0.5) is 5.69 Å². The summed E-state index contributed by atoms with van der Waals surface area (Å²) in [6.45, 7) is 2.57. The van der Waals surface area contributed by atoms with Crippen LogP contribution in [0.2, 0.25) is 0 Å². The van der Waals surface area contributed by atoms with Gasteiger partial charge in [-0.1, -0.05) is 23.9 Å². The molecule has 4 heterocycles. The average molecular weight is 544 g/mol. The molecule has 7 nitrogen and oxygen atoms in total. The summed E-state index contributed by atoms with van der Waals surface area (Å²) in [5.41, 5.74) is 3.99. The molecule has 0 unspecified atom stereocenters. The smallest absolute Gasteiger partial charge is 0.234 e. The van der Waals surface area contributed by atoms with Crippen LogP contribution in [0.3, 0.4) is 0 Å². The van der Waals surface area contributed by atoms with Gasteiger partial charge in [0.1, 0.15) is 10.8 Å². The number of nitrogens with zero attached hydrogens (tertiary/aromatic N) is 4. The minimum Gasteiger partial charge on any atom is -0.467 e. The van der Waals surface area contributed by atoms with Gasteiger partial charge in [0.05, 0.1) is 33.7 Å². The third kappa shape index (κ3) is 5.22. The van der Waals surface area contributed by atoms with Crippen LogP contribution in [0.15, 0.2) is 87.9 Å². The lowest BCUT2D eigenvalue weighted by molar-refractivity contribution is -0.113. The van der Waals surface area contributed by atoms with E-state index in [9.17, 15) is 4.79 Å². The van der Waals surface area contributed by atoms with E-state index in [0.717, 1.165) is 38.2 Å². The van der Waals surface area contributed by atoms with Crippen LogP contribution in [0.5, 0.6) is 0 Å². The molecule has 0 saturated heterocycles. The molecule has 10 heteroatoms. The Kier molecular flexibility index (Phi) is 6.60. The minimum absolute atomic E-state index is 0.113. The van der Waals surface area contributed by atoms with E-state index in [-0.39, 0.29) is 11.7 Å². The van der Waals surface area contributed by atoms with Crippen molar-refractivity contribution in [3.05, 3.63) is 89.7 Å². The molecule has 0 saturated carbocycles. The maximum atomic E-state index is 12.7. The second-order valence-corrected chi connectivity index (χ2v) is 11.3. The molecule has 0 fully saturated rings. The lowest BCUT2D eigenvalue weighted by Crippen LogP contribution is -2.14. The number of thiophene rings is 1. The largest absolute Gasteiger partial charge is 0.467 e. The van der Waals surface area contributed by atoms with Gasteiger partial charge < -0.3 is 9.73 Å². The maximum absolute atomic E-state index is 12.7. The number of aryl methyl sites for hydroxylation is 1. The Labute approximate surface area is 225 Å². The predicted octanol–water partition coefficient (Wildman–Crippen LogP) is 6.96. The molecule has 1 amide bonds. The summed E-state index contributed by atoms with van der Waals surface area (Å²) >= 11 is 4.62. The maximum Gasteiger partial charge on any atom is 0.234 e. The van der Waals surface area contributed by atoms with Crippen LogP contribution in [-0.4, -0.2) is 31.4 Å². The van der Waals surface area contributed by atoms with Gasteiger partial charge in [0.15, 0.2) is 11.0 Å². The average Bonchev–Trinajstić information content (AvgIpc) is 3.71. The van der Waals surface area contributed by atoms with E-state index < -0.39 is 0 Å². The van der Waals surface area contributed by atoms with Crippen molar-refractivity contribution in [3.8, 4) is 21.3 Å². The quantitative estimate of drug-likeness (QED) is 0.209. The molecule has 0 bridgehead atoms. The number of rotatable bonds is 8. The van der Waals surface area contributed by atoms with Gasteiger partial charge in [-0.25, -0.2) is 4.98 Å². The molecule has 0 aliphatic rings. The number of amides is 1. The van der Waals surface area contributed by atoms with Gasteiger partial charge >= 0.3 is 0 Å². The Hall–Kier alpha value is -3.73. The molecule has 0 aliphatic carbocycles. The zero-order valence-electron chi connectivity index (χ0n) is 19.7. The fourth-order valence-corrected chi connectivity index (χ4v) is 6.39. The third-order valence-electron chi connectivity index (χ3n) is 5.64. The normalized spacial score (nSPS) is 11.3. The first kappa shape index (κ1) is 23.7. The van der Waals surface area contributed by atoms with Gasteiger partial charge in [0.25, 0.3) is 0 Å². The lowest BCUT2D eigenvalue weighted by Gasteiger charge is -2.08. The Morgan fingerprint density at radius 2 is 1.97 bits per heavy atom. The number of fused-ring (bicyclic) bond motifs is 1. The number of anilines is 1. The van der Waals surface area contributed by atoms with Crippen LogP contribution in [0.1, 0.15) is 11.3 Å². The van der Waals surface area contributed by atoms with Crippen molar-refractivity contribution >= 4 is 56.2 Å². The van der Waals surface area contributed by atoms with E-state index in [4.69, 9.17) is 9.40 Å². The molecule has 6 rings (SSSR count). The molecule has 0 aliphatic heterocycles. The van der Waals surface area contributed by atoms with Crippen molar-refractivity contribution in [1.29, 1.82) is 0 Å². The monoisotopic (exact) mass is 543 g/mol. The summed E-state index contributed by atoms with van der Waals surface area (Å²) < 4.78 is 8.69. The Bertz CT molecular complexity index is 1650. The highest BCUT2D eigenvalue weighted by Crippen LogP contribution is 2.32. The fourth-order valence-electron chi connectivity index (χ4n) is 3.86. The zero-order chi connectivity index (χ0) is 25.2. The van der Waals surface area contributed by atoms with E-state index in [2.05, 4.69) is 40.6 Å². The van der Waals surface area contributed by atoms with Crippen LogP contribution in [0, 0.1) is 6.92 Å². The van der Waals surface area contributed by atoms with Gasteiger partial charge in [-0.2, -0.15) is 0 Å². The van der Waals surface area contributed by atoms with Crippen LogP contribution >= 0.6 is 34.4 Å². The molecular weight excluding hydrogens is 523 g/mol. The molecule has 0 spiro atoms. The highest BCUT2D eigenvalue weighted by Gasteiger charge is 2.18. The highest BCUT2D eigenvalue weighted by atomic mass is 32.2. The van der Waals surface area contributed by atoms with E-state index in [1.807, 2.05) is 58.5 Å². The standard InChI is InChI=1S/C27H21N5O2S3/c1-17-6-11-21-23(14-17)37-26(29-21)18-7-9-19(10-8-18)28-24(33)16-36-27-31-30-25(22-5-3-13-35-22)32(27)15-20-4-2-12-34-20/h2-14H,15-16H2,1H3,(H,28,33). The summed E-state index contributed by atoms with van der Waals surface area (Å²) in [6.07, 6.45) is 1.65. The summed E-state index contributed by atoms with van der Waals surface area (Å²) in [5.74, 6) is 1.65. The second-order valence-electron chi connectivity index (χ2n) is 8.35. The van der Waals surface area contributed by atoms with Gasteiger partial charge in [-0.05, 0) is 72.5 Å². The SMILES string of the molecule is Cc1ccc2nc(-c3ccc(NC(=O)CSc4nnc(-c5cccs5)n4Cc4ccco4)cc3)sc2c1. The number of hydrogen-bond acceptors (Lipinski definition) is 8. The van der Waals surface area contributed by atoms with E-state index in [0.29, 0.717) is 11.7 Å². The van der Waals surface area contributed by atoms with E-state index >= 15 is 0 Å². The van der Waals surface area contributed by atoms with Gasteiger partial charge in [0.2, 0.25) is 5.91 Å². The van der Waals surface area contributed by atoms with Gasteiger partial charge in [-0.15, -0.1) is 32.9 Å². The summed E-state index contributed by atoms with van der Waals surface area (Å²) in [4.78, 5) is 18.5. The Morgan fingerprint density at radius 1 is 1.08 bits per heavy atom. The van der Waals surface area contributed by atoms with E-state index in [1.54, 1.807) is 28.9 Å². The molecule has 1 N–H and O–H groups in total. The topological polar surface area (TPSA) is 85.8 Å². The first-order valence-electron chi connectivity index (χ1n) is 11.5. The summed E-state index contributed by atoms with van der Waals surface area (Å²) in [6, 6.07) is 21.8. The number of thiazole rings is 1. The Morgan fingerprint density at radius 3 is 2.76 bits per heavy atom. The summed E-state index contributed by atoms with van der Waals surface area (Å²) in [7, 11) is 0. The molecular formula is C27H21N5O2S3. The second kappa shape index (κ2) is 10.3. The van der Waals surface area contributed by atoms with Crippen molar-refractivity contribution in [2.75, 3.05) is 11.1 Å². The summed E-state index contributed by atoms with van der Waals surface area (Å²) in [5, 5.41) is 15.3. The molecule has 0 atom stereocenters. The Balaban J connectivity index is 1.13. The van der Waals surface area contributed by atoms with Crippen molar-refractivity contribution in [2.24, 2.45) is 0 Å². The molecule has 0 radical (unpaired) electrons. The number of nitrogens with one attached hydrogen (secondary N) is 1. The van der Waals surface area contributed by atoms with Crippen molar-refractivity contribution < 1.29 is 9.21 Å². The van der Waals surface area contributed by atoms with Crippen LogP contribution in [0.25, 0.3) is 31.5 Å².